The van der Waals surface area contributed by atoms with E-state index >= 15 is 0 Å². The molecule has 6 heteroatoms. The summed E-state index contributed by atoms with van der Waals surface area (Å²) in [6.45, 7) is 0.709. The molecule has 1 atom stereocenters. The number of hydrogen-bond donors (Lipinski definition) is 1. The number of ether oxygens (including phenoxy) is 1. The molecule has 2 heterocycles. The maximum absolute atomic E-state index is 13.1. The molecule has 172 valence electrons. The Morgan fingerprint density at radius 3 is 2.65 bits per heavy atom. The van der Waals surface area contributed by atoms with Crippen molar-refractivity contribution in [3.8, 4) is 11.1 Å². The number of nitrogens with one attached hydrogen (secondary N) is 1. The van der Waals surface area contributed by atoms with Crippen molar-refractivity contribution in [3.05, 3.63) is 90.6 Å². The SMILES string of the molecule is Cn1ccc2cc(-c3cccc(NC(=O)C4CCCN4C(=O)OCc4ccccc4)c3)ccc21. The van der Waals surface area contributed by atoms with E-state index in [1.54, 1.807) is 0 Å². The van der Waals surface area contributed by atoms with Gasteiger partial charge in [-0.2, -0.15) is 0 Å². The second-order valence-electron chi connectivity index (χ2n) is 8.66. The third kappa shape index (κ3) is 4.53. The number of amides is 2. The number of rotatable bonds is 5. The summed E-state index contributed by atoms with van der Waals surface area (Å²) in [5.41, 5.74) is 4.91. The van der Waals surface area contributed by atoms with Crippen molar-refractivity contribution in [1.29, 1.82) is 0 Å². The first-order valence-corrected chi connectivity index (χ1v) is 11.5. The summed E-state index contributed by atoms with van der Waals surface area (Å²) in [4.78, 5) is 27.3. The topological polar surface area (TPSA) is 63.6 Å². The first kappa shape index (κ1) is 21.8. The van der Waals surface area contributed by atoms with Crippen LogP contribution >= 0.6 is 0 Å². The number of fused-ring (bicyclic) bond motifs is 1. The fourth-order valence-electron chi connectivity index (χ4n) is 4.52. The Morgan fingerprint density at radius 2 is 1.79 bits per heavy atom. The fraction of sp³-hybridized carbons (Fsp3) is 0.214. The molecule has 0 bridgehead atoms. The van der Waals surface area contributed by atoms with E-state index in [9.17, 15) is 9.59 Å². The van der Waals surface area contributed by atoms with Gasteiger partial charge in [0.15, 0.2) is 0 Å². The quantitative estimate of drug-likeness (QED) is 0.429. The summed E-state index contributed by atoms with van der Waals surface area (Å²) in [6.07, 6.45) is 2.99. The largest absolute Gasteiger partial charge is 0.445 e. The van der Waals surface area contributed by atoms with E-state index in [0.717, 1.165) is 23.1 Å². The van der Waals surface area contributed by atoms with Crippen molar-refractivity contribution in [3.63, 3.8) is 0 Å². The van der Waals surface area contributed by atoms with Crippen molar-refractivity contribution >= 4 is 28.6 Å². The van der Waals surface area contributed by atoms with Gasteiger partial charge in [-0.15, -0.1) is 0 Å². The number of aromatic nitrogens is 1. The van der Waals surface area contributed by atoms with Crippen LogP contribution in [0.4, 0.5) is 10.5 Å². The maximum atomic E-state index is 13.1. The minimum Gasteiger partial charge on any atom is -0.445 e. The van der Waals surface area contributed by atoms with Crippen molar-refractivity contribution < 1.29 is 14.3 Å². The minimum absolute atomic E-state index is 0.190. The van der Waals surface area contributed by atoms with E-state index < -0.39 is 12.1 Å². The van der Waals surface area contributed by atoms with Crippen LogP contribution < -0.4 is 5.32 Å². The molecule has 1 N–H and O–H groups in total. The highest BCUT2D eigenvalue weighted by atomic mass is 16.6. The molecule has 1 aliphatic rings. The zero-order valence-corrected chi connectivity index (χ0v) is 19.1. The zero-order valence-electron chi connectivity index (χ0n) is 19.1. The van der Waals surface area contributed by atoms with E-state index in [4.69, 9.17) is 4.74 Å². The van der Waals surface area contributed by atoms with E-state index in [0.29, 0.717) is 18.7 Å². The highest BCUT2D eigenvalue weighted by Gasteiger charge is 2.35. The Labute approximate surface area is 198 Å². The fourth-order valence-corrected chi connectivity index (χ4v) is 4.52. The predicted molar refractivity (Wildman–Crippen MR) is 133 cm³/mol. The molecule has 4 aromatic rings. The zero-order chi connectivity index (χ0) is 23.5. The Balaban J connectivity index is 1.26. The van der Waals surface area contributed by atoms with Crippen LogP contribution in [0.3, 0.4) is 0 Å². The van der Waals surface area contributed by atoms with Crippen LogP contribution in [-0.4, -0.2) is 34.1 Å². The number of carbonyl (C=O) groups excluding carboxylic acids is 2. The molecule has 0 radical (unpaired) electrons. The van der Waals surface area contributed by atoms with Gasteiger partial charge in [0, 0.05) is 36.4 Å². The Morgan fingerprint density at radius 1 is 0.971 bits per heavy atom. The van der Waals surface area contributed by atoms with Gasteiger partial charge in [-0.3, -0.25) is 9.69 Å². The first-order chi connectivity index (χ1) is 16.6. The number of nitrogens with zero attached hydrogens (tertiary/aromatic N) is 2. The van der Waals surface area contributed by atoms with Gasteiger partial charge in [0.1, 0.15) is 12.6 Å². The summed E-state index contributed by atoms with van der Waals surface area (Å²) in [5, 5.41) is 4.17. The predicted octanol–water partition coefficient (Wildman–Crippen LogP) is 5.59. The lowest BCUT2D eigenvalue weighted by atomic mass is 10.0. The average Bonchev–Trinajstić information content (AvgIpc) is 3.50. The molecular weight excluding hydrogens is 426 g/mol. The Hall–Kier alpha value is -4.06. The van der Waals surface area contributed by atoms with Gasteiger partial charge in [0.05, 0.1) is 0 Å². The van der Waals surface area contributed by atoms with Crippen LogP contribution in [0.1, 0.15) is 18.4 Å². The van der Waals surface area contributed by atoms with Gasteiger partial charge in [-0.25, -0.2) is 4.79 Å². The monoisotopic (exact) mass is 453 g/mol. The summed E-state index contributed by atoms with van der Waals surface area (Å²) in [7, 11) is 2.03. The Bertz CT molecular complexity index is 1330. The molecule has 1 fully saturated rings. The molecule has 5 rings (SSSR count). The van der Waals surface area contributed by atoms with Crippen molar-refractivity contribution in [2.75, 3.05) is 11.9 Å². The van der Waals surface area contributed by atoms with Crippen LogP contribution in [0.2, 0.25) is 0 Å². The number of anilines is 1. The van der Waals surface area contributed by atoms with E-state index in [1.807, 2.05) is 67.8 Å². The number of carbonyl (C=O) groups is 2. The van der Waals surface area contributed by atoms with Gasteiger partial charge < -0.3 is 14.6 Å². The van der Waals surface area contributed by atoms with Gasteiger partial charge in [-0.1, -0.05) is 48.5 Å². The van der Waals surface area contributed by atoms with Crippen LogP contribution in [0.15, 0.2) is 85.1 Å². The molecule has 0 saturated carbocycles. The van der Waals surface area contributed by atoms with Gasteiger partial charge in [-0.05, 0) is 59.9 Å². The number of aryl methyl sites for hydroxylation is 1. The van der Waals surface area contributed by atoms with E-state index in [2.05, 4.69) is 34.1 Å². The second kappa shape index (κ2) is 9.43. The Kier molecular flexibility index (Phi) is 6.04. The third-order valence-electron chi connectivity index (χ3n) is 6.34. The second-order valence-corrected chi connectivity index (χ2v) is 8.66. The molecule has 2 amide bonds. The number of hydrogen-bond acceptors (Lipinski definition) is 3. The molecule has 0 aliphatic carbocycles. The van der Waals surface area contributed by atoms with E-state index in [1.165, 1.54) is 15.8 Å². The molecule has 6 nitrogen and oxygen atoms in total. The summed E-state index contributed by atoms with van der Waals surface area (Å²) in [5.74, 6) is -0.190. The molecule has 1 saturated heterocycles. The average molecular weight is 454 g/mol. The number of benzene rings is 3. The molecule has 3 aromatic carbocycles. The maximum Gasteiger partial charge on any atom is 0.410 e. The smallest absolute Gasteiger partial charge is 0.410 e. The van der Waals surface area contributed by atoms with Gasteiger partial charge in [0.25, 0.3) is 0 Å². The first-order valence-electron chi connectivity index (χ1n) is 11.5. The lowest BCUT2D eigenvalue weighted by Gasteiger charge is -2.23. The summed E-state index contributed by atoms with van der Waals surface area (Å²) in [6, 6.07) is 25.2. The minimum atomic E-state index is -0.535. The van der Waals surface area contributed by atoms with Gasteiger partial charge in [0.2, 0.25) is 5.91 Å². The third-order valence-corrected chi connectivity index (χ3v) is 6.34. The molecular formula is C28H27N3O3. The summed E-state index contributed by atoms with van der Waals surface area (Å²) < 4.78 is 7.55. The molecule has 1 aliphatic heterocycles. The lowest BCUT2D eigenvalue weighted by Crippen LogP contribution is -2.43. The van der Waals surface area contributed by atoms with Crippen LogP contribution in [0, 0.1) is 0 Å². The van der Waals surface area contributed by atoms with Crippen molar-refractivity contribution in [2.45, 2.75) is 25.5 Å². The van der Waals surface area contributed by atoms with Gasteiger partial charge >= 0.3 is 6.09 Å². The lowest BCUT2D eigenvalue weighted by molar-refractivity contribution is -0.120. The number of likely N-dealkylation sites (tertiary alicyclic amines) is 1. The molecule has 1 unspecified atom stereocenters. The van der Waals surface area contributed by atoms with Crippen LogP contribution in [-0.2, 0) is 23.2 Å². The van der Waals surface area contributed by atoms with Crippen LogP contribution in [0.25, 0.3) is 22.0 Å². The van der Waals surface area contributed by atoms with E-state index in [-0.39, 0.29) is 12.5 Å². The van der Waals surface area contributed by atoms with Crippen molar-refractivity contribution in [1.82, 2.24) is 9.47 Å². The highest BCUT2D eigenvalue weighted by molar-refractivity contribution is 5.97. The standard InChI is InChI=1S/C28H27N3O3/c1-30-16-14-23-17-22(12-13-25(23)30)21-9-5-10-24(18-21)29-27(32)26-11-6-15-31(26)28(33)34-19-20-7-3-2-4-8-20/h2-5,7-10,12-14,16-18,26H,6,11,15,19H2,1H3,(H,29,32). The van der Waals surface area contributed by atoms with Crippen molar-refractivity contribution in [2.24, 2.45) is 7.05 Å². The molecule has 1 aromatic heterocycles. The molecule has 0 spiro atoms. The molecule has 34 heavy (non-hydrogen) atoms. The summed E-state index contributed by atoms with van der Waals surface area (Å²) >= 11 is 0. The normalized spacial score (nSPS) is 15.4. The highest BCUT2D eigenvalue weighted by Crippen LogP contribution is 2.27. The van der Waals surface area contributed by atoms with Crippen LogP contribution in [0.5, 0.6) is 0 Å².